The van der Waals surface area contributed by atoms with Crippen molar-refractivity contribution in [3.05, 3.63) is 144 Å². The zero-order valence-corrected chi connectivity index (χ0v) is 23.1. The minimum Gasteiger partial charge on any atom is -0.381 e. The first-order valence-electron chi connectivity index (χ1n) is 13.7. The maximum absolute atomic E-state index is 15.1. The van der Waals surface area contributed by atoms with Crippen LogP contribution in [0.1, 0.15) is 29.7 Å². The van der Waals surface area contributed by atoms with Crippen LogP contribution in [0.2, 0.25) is 0 Å². The number of aromatic nitrogens is 5. The molecule has 0 spiro atoms. The highest BCUT2D eigenvalue weighted by molar-refractivity contribution is 5.82. The Morgan fingerprint density at radius 3 is 2.19 bits per heavy atom. The summed E-state index contributed by atoms with van der Waals surface area (Å²) in [7, 11) is 0. The van der Waals surface area contributed by atoms with E-state index in [1.807, 2.05) is 54.7 Å². The number of fused-ring (bicyclic) bond motifs is 1. The summed E-state index contributed by atoms with van der Waals surface area (Å²) in [5.41, 5.74) is 2.26. The fourth-order valence-electron chi connectivity index (χ4n) is 5.34. The highest BCUT2D eigenvalue weighted by atomic mass is 19.1. The van der Waals surface area contributed by atoms with E-state index in [0.29, 0.717) is 13.1 Å². The minimum atomic E-state index is -1.82. The number of rotatable bonds is 10. The van der Waals surface area contributed by atoms with Crippen LogP contribution in [-0.2, 0) is 25.2 Å². The van der Waals surface area contributed by atoms with Gasteiger partial charge in [0, 0.05) is 42.0 Å². The Labute approximate surface area is 242 Å². The van der Waals surface area contributed by atoms with E-state index in [9.17, 15) is 9.50 Å². The van der Waals surface area contributed by atoms with E-state index >= 15 is 4.39 Å². The van der Waals surface area contributed by atoms with E-state index in [2.05, 4.69) is 45.3 Å². The molecular weight excluding hydrogens is 534 g/mol. The topological polar surface area (TPSA) is 72.0 Å². The normalized spacial score (nSPS) is 13.6. The van der Waals surface area contributed by atoms with Gasteiger partial charge < -0.3 is 10.0 Å². The maximum Gasteiger partial charge on any atom is 0.137 e. The summed E-state index contributed by atoms with van der Waals surface area (Å²) in [6.45, 7) is 3.07. The van der Waals surface area contributed by atoms with Crippen molar-refractivity contribution in [2.24, 2.45) is 0 Å². The molecular formula is C33H30F2N6O. The van der Waals surface area contributed by atoms with E-state index in [0.717, 1.165) is 28.7 Å². The quantitative estimate of drug-likeness (QED) is 0.213. The summed E-state index contributed by atoms with van der Waals surface area (Å²) in [6.07, 6.45) is 4.63. The molecule has 42 heavy (non-hydrogen) atoms. The van der Waals surface area contributed by atoms with Crippen molar-refractivity contribution in [1.29, 1.82) is 0 Å². The molecule has 7 nitrogen and oxygen atoms in total. The minimum absolute atomic E-state index is 0.0518. The predicted molar refractivity (Wildman–Crippen MR) is 157 cm³/mol. The second-order valence-corrected chi connectivity index (χ2v) is 10.5. The Balaban J connectivity index is 1.36. The van der Waals surface area contributed by atoms with Gasteiger partial charge in [0.2, 0.25) is 0 Å². The van der Waals surface area contributed by atoms with Gasteiger partial charge in [-0.2, -0.15) is 10.2 Å². The Morgan fingerprint density at radius 2 is 1.57 bits per heavy atom. The fourth-order valence-corrected chi connectivity index (χ4v) is 5.34. The average molecular weight is 565 g/mol. The Bertz CT molecular complexity index is 1730. The highest BCUT2D eigenvalue weighted by Gasteiger charge is 2.41. The van der Waals surface area contributed by atoms with E-state index in [4.69, 9.17) is 5.10 Å². The van der Waals surface area contributed by atoms with Gasteiger partial charge in [0.25, 0.3) is 0 Å². The molecule has 2 atom stereocenters. The average Bonchev–Trinajstić information content (AvgIpc) is 3.67. The molecule has 1 N–H and O–H groups in total. The van der Waals surface area contributed by atoms with Gasteiger partial charge in [-0.1, -0.05) is 66.7 Å². The summed E-state index contributed by atoms with van der Waals surface area (Å²) in [4.78, 5) is 6.25. The van der Waals surface area contributed by atoms with Gasteiger partial charge in [-0.25, -0.2) is 18.4 Å². The van der Waals surface area contributed by atoms with Crippen molar-refractivity contribution in [2.45, 2.75) is 38.2 Å². The molecule has 2 heterocycles. The first-order valence-corrected chi connectivity index (χ1v) is 13.7. The number of benzene rings is 4. The van der Waals surface area contributed by atoms with Crippen LogP contribution in [0, 0.1) is 11.6 Å². The van der Waals surface area contributed by atoms with Crippen LogP contribution < -0.4 is 4.90 Å². The summed E-state index contributed by atoms with van der Waals surface area (Å²) in [5, 5.41) is 21.7. The van der Waals surface area contributed by atoms with Crippen LogP contribution in [0.3, 0.4) is 0 Å². The lowest BCUT2D eigenvalue weighted by molar-refractivity contribution is -0.0366. The lowest BCUT2D eigenvalue weighted by atomic mass is 9.86. The summed E-state index contributed by atoms with van der Waals surface area (Å²) >= 11 is 0. The Hall–Kier alpha value is -4.89. The van der Waals surface area contributed by atoms with Crippen molar-refractivity contribution >= 4 is 16.6 Å². The lowest BCUT2D eigenvalue weighted by Gasteiger charge is -2.34. The number of halogens is 2. The van der Waals surface area contributed by atoms with Crippen molar-refractivity contribution < 1.29 is 13.9 Å². The van der Waals surface area contributed by atoms with Gasteiger partial charge in [0.05, 0.1) is 18.1 Å². The lowest BCUT2D eigenvalue weighted by Crippen LogP contribution is -2.40. The second kappa shape index (κ2) is 11.5. The van der Waals surface area contributed by atoms with Gasteiger partial charge in [-0.3, -0.25) is 4.68 Å². The molecule has 0 radical (unpaired) electrons. The Kier molecular flexibility index (Phi) is 7.50. The van der Waals surface area contributed by atoms with Gasteiger partial charge in [-0.15, -0.1) is 0 Å². The van der Waals surface area contributed by atoms with Gasteiger partial charge in [0.1, 0.15) is 29.9 Å². The van der Waals surface area contributed by atoms with Crippen LogP contribution >= 0.6 is 0 Å². The predicted octanol–water partition coefficient (Wildman–Crippen LogP) is 6.26. The highest BCUT2D eigenvalue weighted by Crippen LogP contribution is 2.37. The van der Waals surface area contributed by atoms with Crippen molar-refractivity contribution in [3.63, 3.8) is 0 Å². The third-order valence-electron chi connectivity index (χ3n) is 7.66. The molecule has 0 aliphatic rings. The standard InChI is InChI=1S/C33H30F2N6O/c1-24(33(42,21-40-23-36-22-37-40)30-14-12-28(34)17-31(30)35)41-20-27-16-29(13-15-32(27)38-41)39(18-25-8-4-2-5-9-25)19-26-10-6-3-7-11-26/h2-17,20,22-24,42H,18-19,21H2,1H3/t24-,33-/m1/s1. The van der Waals surface area contributed by atoms with E-state index in [1.54, 1.807) is 11.6 Å². The van der Waals surface area contributed by atoms with E-state index in [-0.39, 0.29) is 12.1 Å². The van der Waals surface area contributed by atoms with Gasteiger partial charge in [-0.05, 0) is 42.3 Å². The van der Waals surface area contributed by atoms with Gasteiger partial charge in [0.15, 0.2) is 0 Å². The molecule has 212 valence electrons. The second-order valence-electron chi connectivity index (χ2n) is 10.5. The fraction of sp³-hybridized carbons (Fsp3) is 0.182. The van der Waals surface area contributed by atoms with Crippen molar-refractivity contribution in [1.82, 2.24) is 24.5 Å². The number of nitrogens with zero attached hydrogens (tertiary/aromatic N) is 6. The van der Waals surface area contributed by atoms with Crippen molar-refractivity contribution in [2.75, 3.05) is 4.90 Å². The first-order chi connectivity index (χ1) is 20.4. The van der Waals surface area contributed by atoms with Crippen LogP contribution in [-0.4, -0.2) is 29.7 Å². The molecule has 6 rings (SSSR count). The zero-order valence-electron chi connectivity index (χ0n) is 23.1. The molecule has 0 amide bonds. The van der Waals surface area contributed by atoms with Gasteiger partial charge >= 0.3 is 0 Å². The van der Waals surface area contributed by atoms with E-state index in [1.165, 1.54) is 34.5 Å². The molecule has 0 saturated heterocycles. The van der Waals surface area contributed by atoms with Crippen LogP contribution in [0.4, 0.5) is 14.5 Å². The molecule has 0 aliphatic carbocycles. The molecule has 0 saturated carbocycles. The summed E-state index contributed by atoms with van der Waals surface area (Å²) in [5.74, 6) is -1.57. The molecule has 0 aliphatic heterocycles. The number of hydrogen-bond acceptors (Lipinski definition) is 5. The number of hydrogen-bond donors (Lipinski definition) is 1. The van der Waals surface area contributed by atoms with E-state index < -0.39 is 23.3 Å². The third-order valence-corrected chi connectivity index (χ3v) is 7.66. The SMILES string of the molecule is C[C@@H](n1cc2cc(N(Cc3ccccc3)Cc3ccccc3)ccc2n1)[C@](O)(Cn1cncn1)c1ccc(F)cc1F. The molecule has 2 aromatic heterocycles. The molecule has 9 heteroatoms. The largest absolute Gasteiger partial charge is 0.381 e. The molecule has 6 aromatic rings. The summed E-state index contributed by atoms with van der Waals surface area (Å²) < 4.78 is 31.9. The van der Waals surface area contributed by atoms with Crippen LogP contribution in [0.5, 0.6) is 0 Å². The van der Waals surface area contributed by atoms with Crippen LogP contribution in [0.25, 0.3) is 10.9 Å². The number of aliphatic hydroxyl groups is 1. The first kappa shape index (κ1) is 27.3. The molecule has 0 unspecified atom stereocenters. The molecule has 0 fully saturated rings. The van der Waals surface area contributed by atoms with Crippen LogP contribution in [0.15, 0.2) is 116 Å². The summed E-state index contributed by atoms with van der Waals surface area (Å²) in [6, 6.07) is 29.1. The maximum atomic E-state index is 15.1. The Morgan fingerprint density at radius 1 is 0.881 bits per heavy atom. The molecule has 4 aromatic carbocycles. The molecule has 0 bridgehead atoms. The van der Waals surface area contributed by atoms with Crippen molar-refractivity contribution in [3.8, 4) is 0 Å². The third kappa shape index (κ3) is 5.64. The number of anilines is 1. The zero-order chi connectivity index (χ0) is 29.1. The monoisotopic (exact) mass is 564 g/mol. The smallest absolute Gasteiger partial charge is 0.137 e.